The minimum absolute atomic E-state index is 0.237. The van der Waals surface area contributed by atoms with Crippen molar-refractivity contribution in [2.24, 2.45) is 11.7 Å². The van der Waals surface area contributed by atoms with Crippen LogP contribution >= 0.6 is 0 Å². The Labute approximate surface area is 141 Å². The number of rotatable bonds is 13. The second-order valence-corrected chi connectivity index (χ2v) is 7.22. The number of quaternary nitrogens is 1. The predicted molar refractivity (Wildman–Crippen MR) is 92.8 cm³/mol. The number of carbonyl (C=O) groups is 2. The second kappa shape index (κ2) is 11.4. The van der Waals surface area contributed by atoms with Crippen LogP contribution in [0.25, 0.3) is 0 Å². The van der Waals surface area contributed by atoms with E-state index in [9.17, 15) is 9.59 Å². The molecule has 0 spiro atoms. The van der Waals surface area contributed by atoms with Crippen molar-refractivity contribution in [3.63, 3.8) is 0 Å². The normalized spacial score (nSPS) is 14.3. The predicted octanol–water partition coefficient (Wildman–Crippen LogP) is 1.94. The smallest absolute Gasteiger partial charge is 0.304 e. The monoisotopic (exact) mass is 330 g/mol. The topological polar surface area (TPSA) is 92.4 Å². The zero-order valence-electron chi connectivity index (χ0n) is 15.3. The average molecular weight is 330 g/mol. The molecule has 0 aromatic rings. The zero-order chi connectivity index (χ0) is 17.9. The van der Waals surface area contributed by atoms with Crippen molar-refractivity contribution >= 4 is 11.9 Å². The number of nitrogens with zero attached hydrogens (tertiary/aromatic N) is 1. The van der Waals surface area contributed by atoms with Gasteiger partial charge in [-0.2, -0.15) is 0 Å². The van der Waals surface area contributed by atoms with E-state index in [4.69, 9.17) is 10.8 Å². The molecule has 4 N–H and O–H groups in total. The van der Waals surface area contributed by atoms with Crippen LogP contribution in [0.4, 0.5) is 0 Å². The molecule has 0 fully saturated rings. The molecule has 0 rings (SSSR count). The van der Waals surface area contributed by atoms with Crippen LogP contribution in [0.1, 0.15) is 58.3 Å². The third-order valence-electron chi connectivity index (χ3n) is 4.12. The van der Waals surface area contributed by atoms with Crippen molar-refractivity contribution in [3.05, 3.63) is 0 Å². The zero-order valence-corrected chi connectivity index (χ0v) is 15.3. The number of carboxylic acids is 1. The van der Waals surface area contributed by atoms with Gasteiger partial charge in [-0.1, -0.05) is 45.4 Å². The summed E-state index contributed by atoms with van der Waals surface area (Å²) in [5.74, 6) is -1.96. The first-order valence-electron chi connectivity index (χ1n) is 8.76. The number of amides is 1. The largest absolute Gasteiger partial charge is 0.481 e. The Kier molecular flexibility index (Phi) is 10.8. The number of carbonyl (C=O) groups excluding carboxylic acids is 1. The maximum absolute atomic E-state index is 12.3. The van der Waals surface area contributed by atoms with Crippen LogP contribution in [0.2, 0.25) is 0 Å². The van der Waals surface area contributed by atoms with Crippen molar-refractivity contribution in [2.45, 2.75) is 64.5 Å². The van der Waals surface area contributed by atoms with Crippen LogP contribution in [-0.4, -0.2) is 55.3 Å². The number of hydrogen-bond acceptors (Lipinski definition) is 3. The molecule has 0 heterocycles. The van der Waals surface area contributed by atoms with Crippen LogP contribution in [0, 0.1) is 5.92 Å². The Balaban J connectivity index is 4.17. The van der Waals surface area contributed by atoms with E-state index < -0.39 is 18.1 Å². The fourth-order valence-corrected chi connectivity index (χ4v) is 2.52. The van der Waals surface area contributed by atoms with Crippen LogP contribution in [-0.2, 0) is 9.59 Å². The second-order valence-electron chi connectivity index (χ2n) is 7.22. The molecule has 0 aromatic heterocycles. The molecule has 6 nitrogen and oxygen atoms in total. The van der Waals surface area contributed by atoms with Crippen molar-refractivity contribution in [2.75, 3.05) is 27.7 Å². The molecule has 23 heavy (non-hydrogen) atoms. The Morgan fingerprint density at radius 1 is 1.04 bits per heavy atom. The van der Waals surface area contributed by atoms with E-state index in [-0.39, 0.29) is 12.3 Å². The minimum atomic E-state index is -0.995. The molecule has 0 saturated carbocycles. The lowest BCUT2D eigenvalue weighted by Gasteiger charge is -2.35. The molecule has 2 unspecified atom stereocenters. The van der Waals surface area contributed by atoms with Crippen LogP contribution in [0.3, 0.4) is 0 Å². The van der Waals surface area contributed by atoms with Crippen molar-refractivity contribution in [3.8, 4) is 0 Å². The van der Waals surface area contributed by atoms with Gasteiger partial charge in [0.2, 0.25) is 5.91 Å². The fraction of sp³-hybridized carbons (Fsp3) is 0.882. The molecule has 0 saturated heterocycles. The van der Waals surface area contributed by atoms with E-state index in [0.29, 0.717) is 11.0 Å². The summed E-state index contributed by atoms with van der Waals surface area (Å²) in [7, 11) is 5.59. The van der Waals surface area contributed by atoms with Crippen molar-refractivity contribution in [1.82, 2.24) is 5.32 Å². The van der Waals surface area contributed by atoms with Gasteiger partial charge in [0.05, 0.1) is 27.6 Å². The molecule has 0 aromatic carbocycles. The van der Waals surface area contributed by atoms with Gasteiger partial charge >= 0.3 is 5.97 Å². The quantitative estimate of drug-likeness (QED) is 0.273. The molecule has 0 aliphatic carbocycles. The number of hydrogen-bond donors (Lipinski definition) is 3. The molecular weight excluding hydrogens is 294 g/mol. The van der Waals surface area contributed by atoms with Crippen molar-refractivity contribution < 1.29 is 19.2 Å². The summed E-state index contributed by atoms with van der Waals surface area (Å²) in [5, 5.41) is 11.9. The number of unbranched alkanes of at least 4 members (excludes halogenated alkanes) is 6. The molecule has 0 aliphatic heterocycles. The van der Waals surface area contributed by atoms with Gasteiger partial charge < -0.3 is 14.9 Å². The SMILES string of the molecule is CCCCCCCCCNC(=O)C(CC(=O)O)C(N)[N+](C)(C)C. The highest BCUT2D eigenvalue weighted by Gasteiger charge is 2.36. The fourth-order valence-electron chi connectivity index (χ4n) is 2.52. The lowest BCUT2D eigenvalue weighted by atomic mass is 9.99. The van der Waals surface area contributed by atoms with E-state index >= 15 is 0 Å². The molecule has 2 atom stereocenters. The summed E-state index contributed by atoms with van der Waals surface area (Å²) in [4.78, 5) is 23.3. The van der Waals surface area contributed by atoms with Gasteiger partial charge in [-0.15, -0.1) is 0 Å². The summed E-state index contributed by atoms with van der Waals surface area (Å²) in [6.07, 6.45) is 7.49. The van der Waals surface area contributed by atoms with E-state index in [1.54, 1.807) is 0 Å². The number of carboxylic acid groups (broad SMARTS) is 1. The first-order chi connectivity index (χ1) is 10.7. The van der Waals surface area contributed by atoms with Crippen LogP contribution in [0.15, 0.2) is 0 Å². The Morgan fingerprint density at radius 3 is 2.04 bits per heavy atom. The van der Waals surface area contributed by atoms with Gasteiger partial charge in [0.15, 0.2) is 6.17 Å². The third kappa shape index (κ3) is 10.3. The Hall–Kier alpha value is -1.14. The van der Waals surface area contributed by atoms with E-state index in [2.05, 4.69) is 12.2 Å². The van der Waals surface area contributed by atoms with Crippen LogP contribution in [0.5, 0.6) is 0 Å². The number of nitrogens with two attached hydrogens (primary N) is 1. The average Bonchev–Trinajstić information content (AvgIpc) is 2.45. The van der Waals surface area contributed by atoms with Crippen molar-refractivity contribution in [1.29, 1.82) is 0 Å². The van der Waals surface area contributed by atoms with E-state index in [1.807, 2.05) is 21.1 Å². The van der Waals surface area contributed by atoms with Gasteiger partial charge in [-0.25, -0.2) is 0 Å². The van der Waals surface area contributed by atoms with E-state index in [1.165, 1.54) is 32.1 Å². The third-order valence-corrected chi connectivity index (χ3v) is 4.12. The lowest BCUT2D eigenvalue weighted by molar-refractivity contribution is -0.898. The maximum atomic E-state index is 12.3. The van der Waals surface area contributed by atoms with Crippen LogP contribution < -0.4 is 11.1 Å². The summed E-state index contributed by atoms with van der Waals surface area (Å²) in [6, 6.07) is 0. The molecule has 0 radical (unpaired) electrons. The summed E-state index contributed by atoms with van der Waals surface area (Å²) in [5.41, 5.74) is 6.09. The highest BCUT2D eigenvalue weighted by molar-refractivity contribution is 5.83. The Morgan fingerprint density at radius 2 is 1.57 bits per heavy atom. The summed E-state index contributed by atoms with van der Waals surface area (Å²) < 4.78 is 0.350. The molecule has 136 valence electrons. The maximum Gasteiger partial charge on any atom is 0.304 e. The highest BCUT2D eigenvalue weighted by atomic mass is 16.4. The van der Waals surface area contributed by atoms with Gasteiger partial charge in [-0.05, 0) is 6.42 Å². The molecule has 1 amide bonds. The van der Waals surface area contributed by atoms with Gasteiger partial charge in [0.25, 0.3) is 0 Å². The molecule has 0 aliphatic rings. The first-order valence-corrected chi connectivity index (χ1v) is 8.76. The highest BCUT2D eigenvalue weighted by Crippen LogP contribution is 2.14. The first kappa shape index (κ1) is 21.9. The summed E-state index contributed by atoms with van der Waals surface area (Å²) in [6.45, 7) is 2.79. The van der Waals surface area contributed by atoms with Gasteiger partial charge in [0.1, 0.15) is 5.92 Å². The van der Waals surface area contributed by atoms with Gasteiger partial charge in [0, 0.05) is 6.54 Å². The number of nitrogens with one attached hydrogen (secondary N) is 1. The molecular formula is C17H36N3O3+. The standard InChI is InChI=1S/C17H35N3O3/c1-5-6-7-8-9-10-11-12-19-17(23)14(13-15(21)22)16(18)20(2,3)4/h14,16H,5-13,18H2,1-4H3,(H-,19,21,22,23)/p+1. The Bertz CT molecular complexity index is 353. The van der Waals surface area contributed by atoms with Gasteiger partial charge in [-0.3, -0.25) is 15.3 Å². The lowest BCUT2D eigenvalue weighted by Crippen LogP contribution is -2.58. The minimum Gasteiger partial charge on any atom is -0.481 e. The van der Waals surface area contributed by atoms with E-state index in [0.717, 1.165) is 12.8 Å². The molecule has 0 bridgehead atoms. The number of aliphatic carboxylic acids is 1. The molecule has 6 heteroatoms. The summed E-state index contributed by atoms with van der Waals surface area (Å²) >= 11 is 0.